The molecule has 0 aromatic carbocycles. The number of ether oxygens (including phenoxy) is 1. The van der Waals surface area contributed by atoms with Crippen molar-refractivity contribution in [1.29, 1.82) is 0 Å². The van der Waals surface area contributed by atoms with Gasteiger partial charge in [-0.25, -0.2) is 0 Å². The molecule has 78 valence electrons. The van der Waals surface area contributed by atoms with E-state index in [-0.39, 0.29) is 17.8 Å². The number of nitrogens with one attached hydrogen (secondary N) is 1. The zero-order valence-electron chi connectivity index (χ0n) is 8.29. The number of amides is 1. The molecule has 4 nitrogen and oxygen atoms in total. The maximum atomic E-state index is 11.4. The predicted octanol–water partition coefficient (Wildman–Crippen LogP) is 0.322. The smallest absolute Gasteiger partial charge is 0.318 e. The van der Waals surface area contributed by atoms with Gasteiger partial charge in [0.05, 0.1) is 7.11 Å². The van der Waals surface area contributed by atoms with Crippen LogP contribution in [0.4, 0.5) is 0 Å². The zero-order chi connectivity index (χ0) is 10.1. The molecule has 0 bridgehead atoms. The topological polar surface area (TPSA) is 55.4 Å². The van der Waals surface area contributed by atoms with E-state index in [0.29, 0.717) is 6.54 Å². The molecule has 2 fully saturated rings. The molecule has 1 aliphatic heterocycles. The summed E-state index contributed by atoms with van der Waals surface area (Å²) in [6.45, 7) is 0.634. The number of hydrogen-bond donors (Lipinski definition) is 1. The summed E-state index contributed by atoms with van der Waals surface area (Å²) in [6.07, 6.45) is 3.48. The minimum atomic E-state index is -0.555. The van der Waals surface area contributed by atoms with Gasteiger partial charge in [-0.05, 0) is 18.3 Å². The summed E-state index contributed by atoms with van der Waals surface area (Å²) in [5.41, 5.74) is 0. The largest absolute Gasteiger partial charge is 0.468 e. The molecule has 2 atom stereocenters. The maximum Gasteiger partial charge on any atom is 0.318 e. The molecule has 0 aromatic heterocycles. The number of rotatable bonds is 3. The Morgan fingerprint density at radius 1 is 1.57 bits per heavy atom. The Bertz CT molecular complexity index is 260. The van der Waals surface area contributed by atoms with Crippen LogP contribution in [-0.2, 0) is 14.3 Å². The summed E-state index contributed by atoms with van der Waals surface area (Å²) in [5, 5.41) is 2.73. The molecular formula is C10H15NO3. The van der Waals surface area contributed by atoms with Gasteiger partial charge in [0.25, 0.3) is 0 Å². The molecule has 0 spiro atoms. The van der Waals surface area contributed by atoms with Crippen LogP contribution in [0.1, 0.15) is 19.3 Å². The quantitative estimate of drug-likeness (QED) is 0.523. The Morgan fingerprint density at radius 2 is 2.29 bits per heavy atom. The van der Waals surface area contributed by atoms with E-state index in [1.165, 1.54) is 20.0 Å². The fourth-order valence-electron chi connectivity index (χ4n) is 2.10. The van der Waals surface area contributed by atoms with Crippen molar-refractivity contribution < 1.29 is 14.3 Å². The van der Waals surface area contributed by atoms with Crippen molar-refractivity contribution in [3.8, 4) is 0 Å². The third-order valence-corrected chi connectivity index (χ3v) is 3.08. The highest BCUT2D eigenvalue weighted by molar-refractivity contribution is 5.99. The van der Waals surface area contributed by atoms with Gasteiger partial charge < -0.3 is 10.1 Å². The van der Waals surface area contributed by atoms with Gasteiger partial charge >= 0.3 is 5.97 Å². The van der Waals surface area contributed by atoms with Gasteiger partial charge in [-0.3, -0.25) is 9.59 Å². The first-order valence-electron chi connectivity index (χ1n) is 5.08. The molecule has 1 N–H and O–H groups in total. The summed E-state index contributed by atoms with van der Waals surface area (Å²) in [4.78, 5) is 22.7. The summed E-state index contributed by atoms with van der Waals surface area (Å²) < 4.78 is 4.64. The van der Waals surface area contributed by atoms with Gasteiger partial charge in [0.1, 0.15) is 5.92 Å². The molecule has 2 rings (SSSR count). The molecule has 2 aliphatic rings. The van der Waals surface area contributed by atoms with Gasteiger partial charge in [0, 0.05) is 6.54 Å². The molecule has 0 aromatic rings. The van der Waals surface area contributed by atoms with Crippen LogP contribution in [0.2, 0.25) is 0 Å². The van der Waals surface area contributed by atoms with Gasteiger partial charge in [-0.2, -0.15) is 0 Å². The lowest BCUT2D eigenvalue weighted by atomic mass is 9.90. The number of carbonyl (C=O) groups is 2. The molecule has 2 unspecified atom stereocenters. The molecule has 1 heterocycles. The van der Waals surface area contributed by atoms with Crippen molar-refractivity contribution in [2.75, 3.05) is 13.7 Å². The number of methoxy groups -OCH3 is 1. The van der Waals surface area contributed by atoms with E-state index in [1.807, 2.05) is 0 Å². The summed E-state index contributed by atoms with van der Waals surface area (Å²) in [7, 11) is 1.34. The first-order valence-corrected chi connectivity index (χ1v) is 5.08. The Morgan fingerprint density at radius 3 is 2.86 bits per heavy atom. The van der Waals surface area contributed by atoms with Crippen LogP contribution in [0.25, 0.3) is 0 Å². The monoisotopic (exact) mass is 197 g/mol. The highest BCUT2D eigenvalue weighted by Gasteiger charge is 2.43. The predicted molar refractivity (Wildman–Crippen MR) is 49.3 cm³/mol. The standard InChI is InChI=1S/C10H15NO3/c1-14-10(13)8-7(4-6-2-3-6)5-11-9(8)12/h6-8H,2-5H2,1H3,(H,11,12). The van der Waals surface area contributed by atoms with Crippen LogP contribution in [0, 0.1) is 17.8 Å². The Hall–Kier alpha value is -1.06. The van der Waals surface area contributed by atoms with Crippen LogP contribution >= 0.6 is 0 Å². The molecule has 1 saturated carbocycles. The van der Waals surface area contributed by atoms with E-state index in [9.17, 15) is 9.59 Å². The second kappa shape index (κ2) is 3.59. The second-order valence-corrected chi connectivity index (χ2v) is 4.19. The first kappa shape index (κ1) is 9.49. The lowest BCUT2D eigenvalue weighted by Crippen LogP contribution is -2.29. The molecule has 0 radical (unpaired) electrons. The normalized spacial score (nSPS) is 31.4. The van der Waals surface area contributed by atoms with Gasteiger partial charge in [-0.15, -0.1) is 0 Å². The number of hydrogen-bond acceptors (Lipinski definition) is 3. The van der Waals surface area contributed by atoms with Crippen molar-refractivity contribution in [2.45, 2.75) is 19.3 Å². The first-order chi connectivity index (χ1) is 6.72. The Balaban J connectivity index is 2.00. The fourth-order valence-corrected chi connectivity index (χ4v) is 2.10. The Kier molecular flexibility index (Phi) is 2.44. The fraction of sp³-hybridized carbons (Fsp3) is 0.800. The van der Waals surface area contributed by atoms with E-state index in [1.54, 1.807) is 0 Å². The summed E-state index contributed by atoms with van der Waals surface area (Å²) in [5.74, 6) is -0.212. The molecule has 1 aliphatic carbocycles. The van der Waals surface area contributed by atoms with Crippen molar-refractivity contribution in [3.05, 3.63) is 0 Å². The highest BCUT2D eigenvalue weighted by atomic mass is 16.5. The zero-order valence-corrected chi connectivity index (χ0v) is 8.29. The van der Waals surface area contributed by atoms with E-state index >= 15 is 0 Å². The van der Waals surface area contributed by atoms with Crippen molar-refractivity contribution in [1.82, 2.24) is 5.32 Å². The SMILES string of the molecule is COC(=O)C1C(=O)NCC1CC1CC1. The van der Waals surface area contributed by atoms with Crippen molar-refractivity contribution in [2.24, 2.45) is 17.8 Å². The van der Waals surface area contributed by atoms with E-state index in [2.05, 4.69) is 10.1 Å². The number of esters is 1. The van der Waals surface area contributed by atoms with Gasteiger partial charge in [-0.1, -0.05) is 12.8 Å². The maximum absolute atomic E-state index is 11.4. The molecule has 1 amide bonds. The lowest BCUT2D eigenvalue weighted by molar-refractivity contribution is -0.150. The van der Waals surface area contributed by atoms with Crippen LogP contribution in [0.15, 0.2) is 0 Å². The number of carbonyl (C=O) groups excluding carboxylic acids is 2. The Labute approximate surface area is 83.0 Å². The van der Waals surface area contributed by atoms with Crippen LogP contribution in [0.3, 0.4) is 0 Å². The third kappa shape index (κ3) is 1.74. The van der Waals surface area contributed by atoms with Crippen molar-refractivity contribution >= 4 is 11.9 Å². The minimum absolute atomic E-state index is 0.155. The minimum Gasteiger partial charge on any atom is -0.468 e. The van der Waals surface area contributed by atoms with Crippen LogP contribution in [-0.4, -0.2) is 25.5 Å². The highest BCUT2D eigenvalue weighted by Crippen LogP contribution is 2.38. The second-order valence-electron chi connectivity index (χ2n) is 4.19. The summed E-state index contributed by atoms with van der Waals surface area (Å²) in [6, 6.07) is 0. The summed E-state index contributed by atoms with van der Waals surface area (Å²) >= 11 is 0. The van der Waals surface area contributed by atoms with Gasteiger partial charge in [0.15, 0.2) is 0 Å². The van der Waals surface area contributed by atoms with E-state index < -0.39 is 5.92 Å². The molecule has 1 saturated heterocycles. The molecular weight excluding hydrogens is 182 g/mol. The lowest BCUT2D eigenvalue weighted by Gasteiger charge is -2.13. The average molecular weight is 197 g/mol. The van der Waals surface area contributed by atoms with Gasteiger partial charge in [0.2, 0.25) is 5.91 Å². The van der Waals surface area contributed by atoms with Crippen molar-refractivity contribution in [3.63, 3.8) is 0 Å². The van der Waals surface area contributed by atoms with E-state index in [0.717, 1.165) is 12.3 Å². The van der Waals surface area contributed by atoms with E-state index in [4.69, 9.17) is 0 Å². The third-order valence-electron chi connectivity index (χ3n) is 3.08. The van der Waals surface area contributed by atoms with Crippen LogP contribution < -0.4 is 5.32 Å². The molecule has 4 heteroatoms. The molecule has 14 heavy (non-hydrogen) atoms. The average Bonchev–Trinajstić information content (AvgIpc) is 2.90. The van der Waals surface area contributed by atoms with Crippen LogP contribution in [0.5, 0.6) is 0 Å².